The Balaban J connectivity index is 2.82. The summed E-state index contributed by atoms with van der Waals surface area (Å²) in [5, 5.41) is 2.64. The monoisotopic (exact) mass is 250 g/mol. The molecule has 0 aliphatic carbocycles. The number of fused-ring (bicyclic) bond motifs is 1. The smallest absolute Gasteiger partial charge is 0.216 e. The lowest BCUT2D eigenvalue weighted by Crippen LogP contribution is -1.83. The highest BCUT2D eigenvalue weighted by Gasteiger charge is 2.10. The molecule has 0 aliphatic heterocycles. The van der Waals surface area contributed by atoms with Gasteiger partial charge in [-0.05, 0) is 17.9 Å². The molecule has 2 aromatic heterocycles. The van der Waals surface area contributed by atoms with Crippen molar-refractivity contribution < 1.29 is 0 Å². The van der Waals surface area contributed by atoms with E-state index in [2.05, 4.69) is 9.97 Å². The van der Waals surface area contributed by atoms with Crippen molar-refractivity contribution in [3.63, 3.8) is 0 Å². The van der Waals surface area contributed by atoms with E-state index in [-0.39, 0.29) is 5.28 Å². The fraction of sp³-hybridized carbons (Fsp3) is 0.143. The summed E-state index contributed by atoms with van der Waals surface area (Å²) >= 11 is 14.8. The fourth-order valence-electron chi connectivity index (χ4n) is 0.982. The van der Waals surface area contributed by atoms with Crippen molar-refractivity contribution in [2.75, 3.05) is 6.26 Å². The molecule has 2 nitrogen and oxygen atoms in total. The number of nitrogens with zero attached hydrogens (tertiary/aromatic N) is 2. The van der Waals surface area contributed by atoms with Crippen LogP contribution in [0.25, 0.3) is 10.2 Å². The van der Waals surface area contributed by atoms with Crippen molar-refractivity contribution in [1.82, 2.24) is 9.97 Å². The molecule has 0 spiro atoms. The fourth-order valence-corrected chi connectivity index (χ4v) is 3.18. The molecule has 2 aromatic rings. The van der Waals surface area contributed by atoms with Crippen LogP contribution in [-0.4, -0.2) is 16.2 Å². The van der Waals surface area contributed by atoms with E-state index < -0.39 is 0 Å². The van der Waals surface area contributed by atoms with Crippen LogP contribution in [0.4, 0.5) is 0 Å². The predicted octanol–water partition coefficient (Wildman–Crippen LogP) is 3.72. The Morgan fingerprint density at radius 3 is 2.85 bits per heavy atom. The van der Waals surface area contributed by atoms with Crippen LogP contribution in [-0.2, 0) is 0 Å². The third kappa shape index (κ3) is 1.64. The molecule has 0 unspecified atom stereocenters. The van der Waals surface area contributed by atoms with E-state index in [4.69, 9.17) is 23.2 Å². The molecule has 0 saturated heterocycles. The molecule has 68 valence electrons. The van der Waals surface area contributed by atoms with Crippen LogP contribution in [0.2, 0.25) is 10.4 Å². The molecule has 2 heterocycles. The summed E-state index contributed by atoms with van der Waals surface area (Å²) < 4.78 is 0.899. The van der Waals surface area contributed by atoms with E-state index in [0.717, 1.165) is 15.1 Å². The van der Waals surface area contributed by atoms with E-state index in [9.17, 15) is 0 Å². The largest absolute Gasteiger partial charge is 0.224 e. The zero-order valence-electron chi connectivity index (χ0n) is 6.54. The second kappa shape index (κ2) is 3.61. The van der Waals surface area contributed by atoms with Gasteiger partial charge in [0, 0.05) is 10.3 Å². The average molecular weight is 251 g/mol. The number of rotatable bonds is 1. The Morgan fingerprint density at radius 1 is 1.38 bits per heavy atom. The molecule has 0 aliphatic rings. The lowest BCUT2D eigenvalue weighted by molar-refractivity contribution is 1.22. The zero-order chi connectivity index (χ0) is 9.42. The van der Waals surface area contributed by atoms with E-state index in [0.29, 0.717) is 5.15 Å². The lowest BCUT2D eigenvalue weighted by atomic mass is 10.5. The van der Waals surface area contributed by atoms with Gasteiger partial charge >= 0.3 is 0 Å². The number of halogens is 2. The summed E-state index contributed by atoms with van der Waals surface area (Å²) in [5.74, 6) is 0. The van der Waals surface area contributed by atoms with E-state index >= 15 is 0 Å². The van der Waals surface area contributed by atoms with E-state index in [1.165, 1.54) is 11.3 Å². The van der Waals surface area contributed by atoms with Gasteiger partial charge in [0.2, 0.25) is 5.28 Å². The number of hydrogen-bond donors (Lipinski definition) is 0. The summed E-state index contributed by atoms with van der Waals surface area (Å²) in [4.78, 5) is 9.09. The van der Waals surface area contributed by atoms with Crippen molar-refractivity contribution in [3.05, 3.63) is 15.8 Å². The van der Waals surface area contributed by atoms with Crippen LogP contribution in [0.15, 0.2) is 10.3 Å². The Morgan fingerprint density at radius 2 is 2.15 bits per heavy atom. The maximum absolute atomic E-state index is 5.90. The molecule has 0 radical (unpaired) electrons. The highest BCUT2D eigenvalue weighted by molar-refractivity contribution is 7.99. The molecular weight excluding hydrogens is 247 g/mol. The Labute approximate surface area is 93.3 Å². The Hall–Kier alpha value is -0.0300. The van der Waals surface area contributed by atoms with E-state index in [1.807, 2.05) is 11.6 Å². The maximum atomic E-state index is 5.90. The Kier molecular flexibility index (Phi) is 2.65. The van der Waals surface area contributed by atoms with Crippen LogP contribution in [0, 0.1) is 0 Å². The third-order valence-corrected chi connectivity index (χ3v) is 3.96. The van der Waals surface area contributed by atoms with Crippen LogP contribution in [0.5, 0.6) is 0 Å². The number of aromatic nitrogens is 2. The van der Waals surface area contributed by atoms with Gasteiger partial charge in [0.05, 0.1) is 4.70 Å². The van der Waals surface area contributed by atoms with Crippen molar-refractivity contribution >= 4 is 56.5 Å². The minimum absolute atomic E-state index is 0.200. The van der Waals surface area contributed by atoms with Gasteiger partial charge in [0.1, 0.15) is 5.52 Å². The zero-order valence-corrected chi connectivity index (χ0v) is 9.69. The molecule has 0 N–H and O–H groups in total. The molecular formula is C7H4Cl2N2S2. The van der Waals surface area contributed by atoms with Crippen LogP contribution < -0.4 is 0 Å². The second-order valence-corrected chi connectivity index (χ2v) is 4.69. The van der Waals surface area contributed by atoms with E-state index in [1.54, 1.807) is 11.8 Å². The van der Waals surface area contributed by atoms with Crippen molar-refractivity contribution in [1.29, 1.82) is 0 Å². The minimum Gasteiger partial charge on any atom is -0.216 e. The Bertz CT molecular complexity index is 455. The first-order valence-electron chi connectivity index (χ1n) is 3.36. The van der Waals surface area contributed by atoms with Gasteiger partial charge in [0.15, 0.2) is 5.15 Å². The third-order valence-electron chi connectivity index (χ3n) is 1.53. The predicted molar refractivity (Wildman–Crippen MR) is 59.2 cm³/mol. The van der Waals surface area contributed by atoms with Crippen LogP contribution in [0.3, 0.4) is 0 Å². The van der Waals surface area contributed by atoms with Gasteiger partial charge in [-0.15, -0.1) is 23.1 Å². The van der Waals surface area contributed by atoms with Crippen molar-refractivity contribution in [3.8, 4) is 0 Å². The molecule has 0 saturated carbocycles. The number of thioether (sulfide) groups is 1. The molecule has 0 fully saturated rings. The molecule has 0 amide bonds. The molecule has 0 atom stereocenters. The second-order valence-electron chi connectivity index (χ2n) is 2.27. The van der Waals surface area contributed by atoms with Crippen molar-refractivity contribution in [2.24, 2.45) is 0 Å². The maximum Gasteiger partial charge on any atom is 0.224 e. The average Bonchev–Trinajstić information content (AvgIpc) is 2.47. The summed E-state index contributed by atoms with van der Waals surface area (Å²) in [5.41, 5.74) is 0.850. The quantitative estimate of drug-likeness (QED) is 0.439. The van der Waals surface area contributed by atoms with Gasteiger partial charge in [-0.2, -0.15) is 0 Å². The molecule has 2 rings (SSSR count). The van der Waals surface area contributed by atoms with Gasteiger partial charge in [-0.1, -0.05) is 11.6 Å². The van der Waals surface area contributed by atoms with Crippen molar-refractivity contribution in [2.45, 2.75) is 4.90 Å². The standard InChI is InChI=1S/C7H4Cl2N2S2/c1-12-3-2-13-5-4(3)10-7(9)11-6(5)8/h2H,1H3. The first-order chi connectivity index (χ1) is 6.22. The minimum atomic E-state index is 0.200. The van der Waals surface area contributed by atoms with Gasteiger partial charge < -0.3 is 0 Å². The molecule has 13 heavy (non-hydrogen) atoms. The summed E-state index contributed by atoms with van der Waals surface area (Å²) in [6, 6.07) is 0. The topological polar surface area (TPSA) is 25.8 Å². The molecule has 6 heteroatoms. The number of hydrogen-bond acceptors (Lipinski definition) is 4. The molecule has 0 aromatic carbocycles. The van der Waals surface area contributed by atoms with Gasteiger partial charge in [-0.3, -0.25) is 0 Å². The van der Waals surface area contributed by atoms with Gasteiger partial charge in [0.25, 0.3) is 0 Å². The lowest BCUT2D eigenvalue weighted by Gasteiger charge is -1.95. The molecule has 0 bridgehead atoms. The highest BCUT2D eigenvalue weighted by Crippen LogP contribution is 2.34. The first kappa shape index (κ1) is 9.52. The SMILES string of the molecule is CSc1csc2c(Cl)nc(Cl)nc12. The summed E-state index contributed by atoms with van der Waals surface area (Å²) in [6.07, 6.45) is 1.99. The first-order valence-corrected chi connectivity index (χ1v) is 6.22. The number of thiophene rings is 1. The van der Waals surface area contributed by atoms with Crippen LogP contribution in [0.1, 0.15) is 0 Å². The summed E-state index contributed by atoms with van der Waals surface area (Å²) in [6.45, 7) is 0. The normalized spacial score (nSPS) is 11.0. The van der Waals surface area contributed by atoms with Gasteiger partial charge in [-0.25, -0.2) is 9.97 Å². The highest BCUT2D eigenvalue weighted by atomic mass is 35.5. The summed E-state index contributed by atoms with van der Waals surface area (Å²) in [7, 11) is 0. The van der Waals surface area contributed by atoms with Crippen LogP contribution >= 0.6 is 46.3 Å².